The van der Waals surface area contributed by atoms with Crippen LogP contribution in [0.3, 0.4) is 0 Å². The summed E-state index contributed by atoms with van der Waals surface area (Å²) in [5, 5.41) is 3.09. The molecule has 1 unspecified atom stereocenters. The Morgan fingerprint density at radius 1 is 1.40 bits per heavy atom. The van der Waals surface area contributed by atoms with Crippen LogP contribution >= 0.6 is 11.6 Å². The third-order valence-electron chi connectivity index (χ3n) is 3.45. The van der Waals surface area contributed by atoms with Crippen LogP contribution in [0.25, 0.3) is 0 Å². The molecule has 1 aliphatic rings. The zero-order valence-electron chi connectivity index (χ0n) is 11.2. The van der Waals surface area contributed by atoms with Gasteiger partial charge in [0.15, 0.2) is 0 Å². The second kappa shape index (κ2) is 7.09. The predicted molar refractivity (Wildman–Crippen MR) is 84.3 cm³/mol. The Kier molecular flexibility index (Phi) is 5.43. The first-order valence-corrected chi connectivity index (χ1v) is 8.61. The van der Waals surface area contributed by atoms with E-state index in [1.54, 1.807) is 18.2 Å². The van der Waals surface area contributed by atoms with Crippen LogP contribution in [0.15, 0.2) is 18.2 Å². The third-order valence-corrected chi connectivity index (χ3v) is 5.21. The van der Waals surface area contributed by atoms with Crippen molar-refractivity contribution in [2.24, 2.45) is 5.92 Å². The minimum Gasteiger partial charge on any atom is -0.399 e. The molecule has 0 saturated heterocycles. The number of nitrogen functional groups attached to an aromatic ring is 1. The van der Waals surface area contributed by atoms with E-state index in [0.717, 1.165) is 12.8 Å². The van der Waals surface area contributed by atoms with Gasteiger partial charge >= 0.3 is 0 Å². The van der Waals surface area contributed by atoms with Gasteiger partial charge in [0.2, 0.25) is 5.91 Å². The lowest BCUT2D eigenvalue weighted by Gasteiger charge is -2.10. The molecule has 2 rings (SSSR count). The lowest BCUT2D eigenvalue weighted by atomic mass is 10.1. The van der Waals surface area contributed by atoms with E-state index in [2.05, 4.69) is 5.32 Å². The molecule has 0 radical (unpaired) electrons. The number of nitrogens with one attached hydrogen (secondary N) is 1. The molecule has 1 atom stereocenters. The van der Waals surface area contributed by atoms with Gasteiger partial charge in [-0.25, -0.2) is 0 Å². The normalized spacial score (nSPS) is 17.1. The van der Waals surface area contributed by atoms with Crippen molar-refractivity contribution < 1.29 is 9.00 Å². The first kappa shape index (κ1) is 15.3. The first-order valence-electron chi connectivity index (χ1n) is 6.74. The molecular weight excluding hydrogens is 296 g/mol. The van der Waals surface area contributed by atoms with E-state index >= 15 is 0 Å². The maximum atomic E-state index is 11.9. The van der Waals surface area contributed by atoms with E-state index < -0.39 is 10.8 Å². The molecule has 0 spiro atoms. The monoisotopic (exact) mass is 314 g/mol. The summed E-state index contributed by atoms with van der Waals surface area (Å²) in [7, 11) is -1.11. The molecule has 0 aromatic heterocycles. The summed E-state index contributed by atoms with van der Waals surface area (Å²) in [4.78, 5) is 11.9. The molecule has 20 heavy (non-hydrogen) atoms. The molecule has 0 heterocycles. The first-order chi connectivity index (χ1) is 9.54. The second-order valence-electron chi connectivity index (χ2n) is 5.19. The Hall–Kier alpha value is -1.07. The average molecular weight is 315 g/mol. The van der Waals surface area contributed by atoms with E-state index in [-0.39, 0.29) is 11.7 Å². The molecule has 1 amide bonds. The van der Waals surface area contributed by atoms with E-state index in [0.29, 0.717) is 28.1 Å². The Labute approximate surface area is 126 Å². The molecule has 110 valence electrons. The van der Waals surface area contributed by atoms with Crippen LogP contribution in [0, 0.1) is 5.92 Å². The topological polar surface area (TPSA) is 72.2 Å². The number of anilines is 2. The van der Waals surface area contributed by atoms with Gasteiger partial charge in [0.25, 0.3) is 0 Å². The third kappa shape index (κ3) is 4.49. The van der Waals surface area contributed by atoms with Crippen molar-refractivity contribution in [3.8, 4) is 0 Å². The van der Waals surface area contributed by atoms with E-state index in [1.165, 1.54) is 12.8 Å². The highest BCUT2D eigenvalue weighted by atomic mass is 35.5. The van der Waals surface area contributed by atoms with Gasteiger partial charge in [-0.1, -0.05) is 24.4 Å². The number of rotatable bonds is 5. The van der Waals surface area contributed by atoms with Crippen molar-refractivity contribution in [3.63, 3.8) is 0 Å². The zero-order valence-corrected chi connectivity index (χ0v) is 12.8. The fourth-order valence-corrected chi connectivity index (χ4v) is 3.98. The van der Waals surface area contributed by atoms with Gasteiger partial charge in [0.1, 0.15) is 5.75 Å². The van der Waals surface area contributed by atoms with E-state index in [1.807, 2.05) is 0 Å². The SMILES string of the molecule is Nc1ccc(Cl)c(NC(=O)CS(=O)CC2CCCC2)c1. The summed E-state index contributed by atoms with van der Waals surface area (Å²) in [5.74, 6) is 0.869. The van der Waals surface area contributed by atoms with E-state index in [9.17, 15) is 9.00 Å². The summed E-state index contributed by atoms with van der Waals surface area (Å²) >= 11 is 5.97. The quantitative estimate of drug-likeness (QED) is 0.821. The van der Waals surface area contributed by atoms with Crippen molar-refractivity contribution in [1.29, 1.82) is 0 Å². The number of halogens is 1. The zero-order chi connectivity index (χ0) is 14.5. The number of benzene rings is 1. The fraction of sp³-hybridized carbons (Fsp3) is 0.500. The molecule has 1 fully saturated rings. The lowest BCUT2D eigenvalue weighted by molar-refractivity contribution is -0.113. The number of carbonyl (C=O) groups is 1. The van der Waals surface area contributed by atoms with Crippen LogP contribution in [-0.2, 0) is 15.6 Å². The van der Waals surface area contributed by atoms with Crippen LogP contribution in [0.1, 0.15) is 25.7 Å². The van der Waals surface area contributed by atoms with Gasteiger partial charge in [0, 0.05) is 22.2 Å². The summed E-state index contributed by atoms with van der Waals surface area (Å²) in [6.45, 7) is 0. The summed E-state index contributed by atoms with van der Waals surface area (Å²) in [6, 6.07) is 4.89. The number of amides is 1. The van der Waals surface area contributed by atoms with Crippen molar-refractivity contribution in [3.05, 3.63) is 23.2 Å². The van der Waals surface area contributed by atoms with E-state index in [4.69, 9.17) is 17.3 Å². The van der Waals surface area contributed by atoms with Gasteiger partial charge in [-0.15, -0.1) is 0 Å². The molecular formula is C14H19ClN2O2S. The van der Waals surface area contributed by atoms with Crippen LogP contribution in [-0.4, -0.2) is 21.6 Å². The van der Waals surface area contributed by atoms with Gasteiger partial charge < -0.3 is 11.1 Å². The maximum Gasteiger partial charge on any atom is 0.237 e. The smallest absolute Gasteiger partial charge is 0.237 e. The number of nitrogens with two attached hydrogens (primary N) is 1. The molecule has 0 bridgehead atoms. The molecule has 4 nitrogen and oxygen atoms in total. The Balaban J connectivity index is 1.85. The highest BCUT2D eigenvalue weighted by molar-refractivity contribution is 7.85. The molecule has 1 aromatic rings. The fourth-order valence-electron chi connectivity index (χ4n) is 2.47. The van der Waals surface area contributed by atoms with Crippen molar-refractivity contribution in [2.45, 2.75) is 25.7 Å². The molecule has 0 aliphatic heterocycles. The number of carbonyl (C=O) groups excluding carboxylic acids is 1. The second-order valence-corrected chi connectivity index (χ2v) is 7.10. The minimum absolute atomic E-state index is 0.0155. The molecule has 1 aromatic carbocycles. The molecule has 3 N–H and O–H groups in total. The summed E-state index contributed by atoms with van der Waals surface area (Å²) < 4.78 is 11.9. The highest BCUT2D eigenvalue weighted by Gasteiger charge is 2.19. The van der Waals surface area contributed by atoms with Crippen molar-refractivity contribution in [2.75, 3.05) is 22.6 Å². The van der Waals surface area contributed by atoms with Gasteiger partial charge in [-0.3, -0.25) is 9.00 Å². The molecule has 1 aliphatic carbocycles. The Morgan fingerprint density at radius 3 is 2.80 bits per heavy atom. The number of hydrogen-bond acceptors (Lipinski definition) is 3. The largest absolute Gasteiger partial charge is 0.399 e. The Morgan fingerprint density at radius 2 is 2.10 bits per heavy atom. The Bertz CT molecular complexity index is 516. The van der Waals surface area contributed by atoms with Crippen LogP contribution in [0.2, 0.25) is 5.02 Å². The predicted octanol–water partition coefficient (Wildman–Crippen LogP) is 2.80. The van der Waals surface area contributed by atoms with Crippen LogP contribution in [0.4, 0.5) is 11.4 Å². The average Bonchev–Trinajstić information content (AvgIpc) is 2.86. The van der Waals surface area contributed by atoms with Crippen LogP contribution in [0.5, 0.6) is 0 Å². The maximum absolute atomic E-state index is 11.9. The number of hydrogen-bond donors (Lipinski definition) is 2. The molecule has 6 heteroatoms. The van der Waals surface area contributed by atoms with Gasteiger partial charge in [0.05, 0.1) is 10.7 Å². The lowest BCUT2D eigenvalue weighted by Crippen LogP contribution is -2.22. The van der Waals surface area contributed by atoms with Gasteiger partial charge in [-0.2, -0.15) is 0 Å². The highest BCUT2D eigenvalue weighted by Crippen LogP contribution is 2.26. The standard InChI is InChI=1S/C14H19ClN2O2S/c15-12-6-5-11(16)7-13(12)17-14(18)9-20(19)8-10-3-1-2-4-10/h5-7,10H,1-4,8-9,16H2,(H,17,18). The molecule has 1 saturated carbocycles. The summed E-state index contributed by atoms with van der Waals surface area (Å²) in [5.41, 5.74) is 6.64. The van der Waals surface area contributed by atoms with Gasteiger partial charge in [-0.05, 0) is 37.0 Å². The summed E-state index contributed by atoms with van der Waals surface area (Å²) in [6.07, 6.45) is 4.70. The van der Waals surface area contributed by atoms with Crippen LogP contribution < -0.4 is 11.1 Å². The van der Waals surface area contributed by atoms with Crippen molar-refractivity contribution in [1.82, 2.24) is 0 Å². The minimum atomic E-state index is -1.11. The van der Waals surface area contributed by atoms with Crippen molar-refractivity contribution >= 4 is 39.7 Å².